The van der Waals surface area contributed by atoms with Crippen molar-refractivity contribution in [2.24, 2.45) is 0 Å². The lowest BCUT2D eigenvalue weighted by Crippen LogP contribution is -2.36. The van der Waals surface area contributed by atoms with Gasteiger partial charge >= 0.3 is 0 Å². The maximum absolute atomic E-state index is 12.5. The summed E-state index contributed by atoms with van der Waals surface area (Å²) in [5.74, 6) is -0.278. The number of ether oxygens (including phenoxy) is 1. The number of benzene rings is 2. The lowest BCUT2D eigenvalue weighted by atomic mass is 9.92. The van der Waals surface area contributed by atoms with Crippen molar-refractivity contribution in [1.82, 2.24) is 0 Å². The molecule has 134 valence electrons. The molecule has 0 atom stereocenters. The van der Waals surface area contributed by atoms with Gasteiger partial charge in [0.1, 0.15) is 17.0 Å². The molecule has 3 rings (SSSR count). The minimum absolute atomic E-state index is 0.0193. The van der Waals surface area contributed by atoms with Gasteiger partial charge in [-0.05, 0) is 44.2 Å². The summed E-state index contributed by atoms with van der Waals surface area (Å²) in [6, 6.07) is 8.45. The molecule has 8 heteroatoms. The van der Waals surface area contributed by atoms with Gasteiger partial charge in [-0.2, -0.15) is 0 Å². The fourth-order valence-electron chi connectivity index (χ4n) is 2.75. The maximum atomic E-state index is 12.5. The van der Waals surface area contributed by atoms with Crippen molar-refractivity contribution >= 4 is 34.7 Å². The second-order valence-corrected chi connectivity index (χ2v) is 6.98. The molecule has 0 radical (unpaired) electrons. The van der Waals surface area contributed by atoms with E-state index in [-0.39, 0.29) is 34.2 Å². The number of ketones is 1. The Morgan fingerprint density at radius 2 is 2.00 bits per heavy atom. The molecule has 2 aromatic carbocycles. The van der Waals surface area contributed by atoms with Crippen molar-refractivity contribution in [3.05, 3.63) is 62.7 Å². The number of nitro groups is 1. The van der Waals surface area contributed by atoms with Crippen molar-refractivity contribution in [2.75, 3.05) is 5.32 Å². The molecule has 0 unspecified atom stereocenters. The predicted molar refractivity (Wildman–Crippen MR) is 96.2 cm³/mol. The van der Waals surface area contributed by atoms with Crippen molar-refractivity contribution in [3.8, 4) is 5.75 Å². The summed E-state index contributed by atoms with van der Waals surface area (Å²) in [6.45, 7) is 3.63. The Morgan fingerprint density at radius 1 is 1.27 bits per heavy atom. The standard InChI is InChI=1S/C18H15ClN2O5/c1-18(2)9-15(22)12-7-10(3-6-16(12)26-18)17(23)20-13-5-4-11(19)8-14(13)21(24)25/h3-8H,9H2,1-2H3,(H,20,23). The molecule has 1 aliphatic rings. The van der Waals surface area contributed by atoms with Crippen LogP contribution in [0, 0.1) is 10.1 Å². The van der Waals surface area contributed by atoms with Crippen LogP contribution in [0.15, 0.2) is 36.4 Å². The maximum Gasteiger partial charge on any atom is 0.294 e. The molecular formula is C18H15ClN2O5. The average Bonchev–Trinajstić information content (AvgIpc) is 2.55. The van der Waals surface area contributed by atoms with E-state index in [0.717, 1.165) is 6.07 Å². The fourth-order valence-corrected chi connectivity index (χ4v) is 2.92. The lowest BCUT2D eigenvalue weighted by molar-refractivity contribution is -0.383. The van der Waals surface area contributed by atoms with Crippen LogP contribution in [0.4, 0.5) is 11.4 Å². The van der Waals surface area contributed by atoms with Crippen LogP contribution in [0.2, 0.25) is 5.02 Å². The van der Waals surface area contributed by atoms with Gasteiger partial charge in [0.05, 0.1) is 16.9 Å². The molecule has 2 aromatic rings. The highest BCUT2D eigenvalue weighted by Gasteiger charge is 2.33. The molecule has 26 heavy (non-hydrogen) atoms. The molecule has 0 saturated carbocycles. The van der Waals surface area contributed by atoms with E-state index in [0.29, 0.717) is 11.3 Å². The number of nitrogens with one attached hydrogen (secondary N) is 1. The Morgan fingerprint density at radius 3 is 2.69 bits per heavy atom. The molecule has 0 spiro atoms. The van der Waals surface area contributed by atoms with Gasteiger partial charge in [-0.3, -0.25) is 19.7 Å². The highest BCUT2D eigenvalue weighted by atomic mass is 35.5. The zero-order chi connectivity index (χ0) is 19.1. The van der Waals surface area contributed by atoms with E-state index in [2.05, 4.69) is 5.32 Å². The molecule has 0 aliphatic carbocycles. The van der Waals surface area contributed by atoms with Gasteiger partial charge in [0.25, 0.3) is 11.6 Å². The van der Waals surface area contributed by atoms with Gasteiger partial charge in [0.15, 0.2) is 5.78 Å². The summed E-state index contributed by atoms with van der Waals surface area (Å²) in [4.78, 5) is 35.3. The normalized spacial score (nSPS) is 15.0. The van der Waals surface area contributed by atoms with Gasteiger partial charge in [0, 0.05) is 16.7 Å². The quantitative estimate of drug-likeness (QED) is 0.639. The molecule has 7 nitrogen and oxygen atoms in total. The van der Waals surface area contributed by atoms with Crippen molar-refractivity contribution < 1.29 is 19.2 Å². The summed E-state index contributed by atoms with van der Waals surface area (Å²) in [5.41, 5.74) is -0.374. The number of rotatable bonds is 3. The van der Waals surface area contributed by atoms with E-state index < -0.39 is 16.4 Å². The number of carbonyl (C=O) groups is 2. The van der Waals surface area contributed by atoms with Crippen LogP contribution in [0.5, 0.6) is 5.75 Å². The van der Waals surface area contributed by atoms with Crippen molar-refractivity contribution in [3.63, 3.8) is 0 Å². The van der Waals surface area contributed by atoms with Gasteiger partial charge in [-0.25, -0.2) is 0 Å². The number of nitrogens with zero attached hydrogens (tertiary/aromatic N) is 1. The molecular weight excluding hydrogens is 360 g/mol. The topological polar surface area (TPSA) is 98.5 Å². The average molecular weight is 375 g/mol. The van der Waals surface area contributed by atoms with Gasteiger partial charge < -0.3 is 10.1 Å². The highest BCUT2D eigenvalue weighted by molar-refractivity contribution is 6.31. The number of anilines is 1. The third-order valence-electron chi connectivity index (χ3n) is 3.92. The Balaban J connectivity index is 1.90. The largest absolute Gasteiger partial charge is 0.487 e. The number of amides is 1. The Kier molecular flexibility index (Phi) is 4.41. The Hall–Kier alpha value is -2.93. The molecule has 0 aromatic heterocycles. The first-order valence-corrected chi connectivity index (χ1v) is 8.16. The lowest BCUT2D eigenvalue weighted by Gasteiger charge is -2.31. The van der Waals surface area contributed by atoms with Gasteiger partial charge in [0.2, 0.25) is 0 Å². The zero-order valence-electron chi connectivity index (χ0n) is 14.0. The van der Waals surface area contributed by atoms with Crippen LogP contribution in [0.3, 0.4) is 0 Å². The molecule has 1 heterocycles. The van der Waals surface area contributed by atoms with Crippen molar-refractivity contribution in [2.45, 2.75) is 25.9 Å². The number of hydrogen-bond donors (Lipinski definition) is 1. The van der Waals surface area contributed by atoms with E-state index in [9.17, 15) is 19.7 Å². The van der Waals surface area contributed by atoms with E-state index in [4.69, 9.17) is 16.3 Å². The van der Waals surface area contributed by atoms with E-state index in [1.807, 2.05) is 13.8 Å². The highest BCUT2D eigenvalue weighted by Crippen LogP contribution is 2.34. The van der Waals surface area contributed by atoms with Crippen LogP contribution in [-0.4, -0.2) is 22.2 Å². The summed E-state index contributed by atoms with van der Waals surface area (Å²) in [7, 11) is 0. The third-order valence-corrected chi connectivity index (χ3v) is 4.15. The predicted octanol–water partition coefficient (Wildman–Crippen LogP) is 4.24. The molecule has 1 amide bonds. The minimum Gasteiger partial charge on any atom is -0.487 e. The van der Waals surface area contributed by atoms with E-state index in [1.54, 1.807) is 6.07 Å². The molecule has 0 bridgehead atoms. The number of nitro benzene ring substituents is 1. The SMILES string of the molecule is CC1(C)CC(=O)c2cc(C(=O)Nc3ccc(Cl)cc3[N+](=O)[O-])ccc2O1. The van der Waals surface area contributed by atoms with E-state index in [1.165, 1.54) is 24.3 Å². The minimum atomic E-state index is -0.631. The van der Waals surface area contributed by atoms with Crippen LogP contribution >= 0.6 is 11.6 Å². The molecule has 0 fully saturated rings. The van der Waals surface area contributed by atoms with Crippen LogP contribution in [-0.2, 0) is 0 Å². The van der Waals surface area contributed by atoms with Crippen LogP contribution < -0.4 is 10.1 Å². The summed E-state index contributed by atoms with van der Waals surface area (Å²) >= 11 is 5.76. The van der Waals surface area contributed by atoms with Gasteiger partial charge in [-0.15, -0.1) is 0 Å². The number of carbonyl (C=O) groups excluding carboxylic acids is 2. The van der Waals surface area contributed by atoms with Gasteiger partial charge in [-0.1, -0.05) is 11.6 Å². The Labute approximate surface area is 154 Å². The number of fused-ring (bicyclic) bond motifs is 1. The number of halogens is 1. The Bertz CT molecular complexity index is 939. The van der Waals surface area contributed by atoms with E-state index >= 15 is 0 Å². The fraction of sp³-hybridized carbons (Fsp3) is 0.222. The van der Waals surface area contributed by atoms with Crippen LogP contribution in [0.25, 0.3) is 0 Å². The molecule has 0 saturated heterocycles. The molecule has 1 N–H and O–H groups in total. The second kappa shape index (κ2) is 6.42. The summed E-state index contributed by atoms with van der Waals surface area (Å²) < 4.78 is 5.75. The molecule has 1 aliphatic heterocycles. The first-order chi connectivity index (χ1) is 12.2. The zero-order valence-corrected chi connectivity index (χ0v) is 14.8. The monoisotopic (exact) mass is 374 g/mol. The summed E-state index contributed by atoms with van der Waals surface area (Å²) in [5, 5.41) is 13.8. The second-order valence-electron chi connectivity index (χ2n) is 6.55. The first kappa shape index (κ1) is 17.9. The summed E-state index contributed by atoms with van der Waals surface area (Å²) in [6.07, 6.45) is 0.202. The van der Waals surface area contributed by atoms with Crippen LogP contribution in [0.1, 0.15) is 41.0 Å². The van der Waals surface area contributed by atoms with Crippen molar-refractivity contribution in [1.29, 1.82) is 0 Å². The smallest absolute Gasteiger partial charge is 0.294 e. The third kappa shape index (κ3) is 3.52. The number of hydrogen-bond acceptors (Lipinski definition) is 5. The first-order valence-electron chi connectivity index (χ1n) is 7.78. The number of Topliss-reactive ketones (excluding diaryl/α,β-unsaturated/α-hetero) is 1.